The van der Waals surface area contributed by atoms with Crippen molar-refractivity contribution in [1.82, 2.24) is 0 Å². The third kappa shape index (κ3) is 1.65. The molecule has 19 heavy (non-hydrogen) atoms. The average molecular weight is 255 g/mol. The predicted octanol–water partition coefficient (Wildman–Crippen LogP) is 3.09. The highest BCUT2D eigenvalue weighted by atomic mass is 16.3. The summed E-state index contributed by atoms with van der Waals surface area (Å²) in [5, 5.41) is 20.8. The molecule has 0 aliphatic heterocycles. The highest BCUT2D eigenvalue weighted by Crippen LogP contribution is 2.54. The maximum absolute atomic E-state index is 11.3. The Balaban J connectivity index is 2.07. The van der Waals surface area contributed by atoms with Crippen molar-refractivity contribution in [2.75, 3.05) is 0 Å². The molecule has 2 aliphatic carbocycles. The summed E-state index contributed by atoms with van der Waals surface area (Å²) >= 11 is 0. The lowest BCUT2D eigenvalue weighted by atomic mass is 9.65. The van der Waals surface area contributed by atoms with Crippen LogP contribution in [0.3, 0.4) is 0 Å². The zero-order chi connectivity index (χ0) is 13.7. The van der Waals surface area contributed by atoms with Gasteiger partial charge in [-0.25, -0.2) is 0 Å². The Morgan fingerprint density at radius 2 is 1.63 bits per heavy atom. The summed E-state index contributed by atoms with van der Waals surface area (Å²) in [6.45, 7) is 3.79. The standard InChI is InChI=1S/C17H21NO/c1-16(2,11-18)17(19)14-7-8-15(17)10-13-6-4-3-5-12(13)9-14/h3-6,14-15,19H,7-10H2,1-2H3. The average Bonchev–Trinajstić information content (AvgIpc) is 2.62. The van der Waals surface area contributed by atoms with Gasteiger partial charge in [-0.3, -0.25) is 0 Å². The molecule has 1 N–H and O–H groups in total. The lowest BCUT2D eigenvalue weighted by Crippen LogP contribution is -2.52. The van der Waals surface area contributed by atoms with Gasteiger partial charge in [-0.1, -0.05) is 24.3 Å². The second-order valence-corrected chi connectivity index (χ2v) is 6.71. The van der Waals surface area contributed by atoms with Crippen molar-refractivity contribution in [1.29, 1.82) is 5.26 Å². The van der Waals surface area contributed by atoms with Crippen LogP contribution in [-0.4, -0.2) is 10.7 Å². The monoisotopic (exact) mass is 255 g/mol. The van der Waals surface area contributed by atoms with Gasteiger partial charge >= 0.3 is 0 Å². The first-order valence-electron chi connectivity index (χ1n) is 7.19. The molecule has 2 bridgehead atoms. The molecule has 0 amide bonds. The van der Waals surface area contributed by atoms with Crippen LogP contribution in [0.5, 0.6) is 0 Å². The first-order chi connectivity index (χ1) is 8.99. The van der Waals surface area contributed by atoms with E-state index in [2.05, 4.69) is 30.3 Å². The summed E-state index contributed by atoms with van der Waals surface area (Å²) in [5.74, 6) is 0.437. The smallest absolute Gasteiger partial charge is 0.0890 e. The predicted molar refractivity (Wildman–Crippen MR) is 74.4 cm³/mol. The minimum Gasteiger partial charge on any atom is -0.388 e. The van der Waals surface area contributed by atoms with Crippen molar-refractivity contribution in [2.45, 2.75) is 45.1 Å². The van der Waals surface area contributed by atoms with Crippen molar-refractivity contribution in [2.24, 2.45) is 17.3 Å². The molecule has 2 aliphatic rings. The van der Waals surface area contributed by atoms with Gasteiger partial charge in [0.2, 0.25) is 0 Å². The number of aliphatic hydroxyl groups is 1. The van der Waals surface area contributed by atoms with E-state index < -0.39 is 11.0 Å². The van der Waals surface area contributed by atoms with E-state index >= 15 is 0 Å². The lowest BCUT2D eigenvalue weighted by molar-refractivity contribution is -0.102. The third-order valence-electron chi connectivity index (χ3n) is 5.44. The van der Waals surface area contributed by atoms with E-state index in [1.165, 1.54) is 11.1 Å². The molecule has 2 nitrogen and oxygen atoms in total. The van der Waals surface area contributed by atoms with Gasteiger partial charge in [0.25, 0.3) is 0 Å². The molecule has 1 saturated carbocycles. The SMILES string of the molecule is CC(C)(C#N)C1(O)C2CCC1Cc1ccccc1C2. The first kappa shape index (κ1) is 12.7. The van der Waals surface area contributed by atoms with E-state index in [9.17, 15) is 10.4 Å². The number of fused-ring (bicyclic) bond motifs is 3. The minimum atomic E-state index is -0.846. The number of benzene rings is 1. The molecule has 0 heterocycles. The molecule has 2 heteroatoms. The van der Waals surface area contributed by atoms with Crippen LogP contribution >= 0.6 is 0 Å². The van der Waals surface area contributed by atoms with Crippen molar-refractivity contribution >= 4 is 0 Å². The maximum atomic E-state index is 11.3. The Hall–Kier alpha value is -1.33. The van der Waals surface area contributed by atoms with E-state index in [0.717, 1.165) is 25.7 Å². The van der Waals surface area contributed by atoms with Gasteiger partial charge in [0.05, 0.1) is 17.1 Å². The fourth-order valence-electron chi connectivity index (χ4n) is 4.29. The van der Waals surface area contributed by atoms with Gasteiger partial charge in [0, 0.05) is 0 Å². The van der Waals surface area contributed by atoms with Gasteiger partial charge in [-0.05, 0) is 62.5 Å². The molecule has 1 fully saturated rings. The Labute approximate surface area is 115 Å². The van der Waals surface area contributed by atoms with Crippen molar-refractivity contribution in [3.63, 3.8) is 0 Å². The van der Waals surface area contributed by atoms with Crippen LogP contribution in [0, 0.1) is 28.6 Å². The Bertz CT molecular complexity index is 507. The third-order valence-corrected chi connectivity index (χ3v) is 5.44. The van der Waals surface area contributed by atoms with Crippen molar-refractivity contribution < 1.29 is 5.11 Å². The van der Waals surface area contributed by atoms with Crippen LogP contribution in [0.25, 0.3) is 0 Å². The molecule has 0 aromatic heterocycles. The molecule has 2 unspecified atom stereocenters. The molecular weight excluding hydrogens is 234 g/mol. The van der Waals surface area contributed by atoms with E-state index in [1.807, 2.05) is 13.8 Å². The Morgan fingerprint density at radius 1 is 1.16 bits per heavy atom. The van der Waals surface area contributed by atoms with Crippen LogP contribution in [-0.2, 0) is 12.8 Å². The summed E-state index contributed by atoms with van der Waals surface area (Å²) in [6, 6.07) is 10.9. The second-order valence-electron chi connectivity index (χ2n) is 6.71. The van der Waals surface area contributed by atoms with E-state index in [1.54, 1.807) is 0 Å². The summed E-state index contributed by atoms with van der Waals surface area (Å²) in [5.41, 5.74) is 1.20. The topological polar surface area (TPSA) is 44.0 Å². The summed E-state index contributed by atoms with van der Waals surface area (Å²) in [7, 11) is 0. The summed E-state index contributed by atoms with van der Waals surface area (Å²) < 4.78 is 0. The molecular formula is C17H21NO. The highest BCUT2D eigenvalue weighted by Gasteiger charge is 2.58. The second kappa shape index (κ2) is 4.08. The fraction of sp³-hybridized carbons (Fsp3) is 0.588. The number of nitrogens with zero attached hydrogens (tertiary/aromatic N) is 1. The van der Waals surface area contributed by atoms with Gasteiger partial charge in [0.1, 0.15) is 0 Å². The number of hydrogen-bond donors (Lipinski definition) is 1. The molecule has 0 radical (unpaired) electrons. The summed E-state index contributed by atoms with van der Waals surface area (Å²) in [4.78, 5) is 0. The van der Waals surface area contributed by atoms with Gasteiger partial charge < -0.3 is 5.11 Å². The molecule has 1 aromatic rings. The minimum absolute atomic E-state index is 0.218. The number of rotatable bonds is 1. The Kier molecular flexibility index (Phi) is 2.73. The number of nitriles is 1. The zero-order valence-electron chi connectivity index (χ0n) is 11.7. The van der Waals surface area contributed by atoms with Crippen LogP contribution in [0.1, 0.15) is 37.8 Å². The largest absolute Gasteiger partial charge is 0.388 e. The van der Waals surface area contributed by atoms with Crippen molar-refractivity contribution in [3.8, 4) is 6.07 Å². The van der Waals surface area contributed by atoms with E-state index in [0.29, 0.717) is 0 Å². The fourth-order valence-corrected chi connectivity index (χ4v) is 4.29. The maximum Gasteiger partial charge on any atom is 0.0890 e. The van der Waals surface area contributed by atoms with Gasteiger partial charge in [-0.15, -0.1) is 0 Å². The normalized spacial score (nSPS) is 33.4. The summed E-state index contributed by atoms with van der Waals surface area (Å²) in [6.07, 6.45) is 3.91. The van der Waals surface area contributed by atoms with Gasteiger partial charge in [0.15, 0.2) is 0 Å². The number of hydrogen-bond acceptors (Lipinski definition) is 2. The van der Waals surface area contributed by atoms with Crippen LogP contribution in [0.4, 0.5) is 0 Å². The van der Waals surface area contributed by atoms with Crippen molar-refractivity contribution in [3.05, 3.63) is 35.4 Å². The Morgan fingerprint density at radius 3 is 2.05 bits per heavy atom. The molecule has 0 spiro atoms. The quantitative estimate of drug-likeness (QED) is 0.838. The molecule has 0 saturated heterocycles. The van der Waals surface area contributed by atoms with Crippen LogP contribution in [0.2, 0.25) is 0 Å². The van der Waals surface area contributed by atoms with Gasteiger partial charge in [-0.2, -0.15) is 5.26 Å². The van der Waals surface area contributed by atoms with E-state index in [4.69, 9.17) is 0 Å². The first-order valence-corrected chi connectivity index (χ1v) is 7.19. The van der Waals surface area contributed by atoms with Crippen LogP contribution in [0.15, 0.2) is 24.3 Å². The highest BCUT2D eigenvalue weighted by molar-refractivity contribution is 5.33. The van der Waals surface area contributed by atoms with Crippen LogP contribution < -0.4 is 0 Å². The molecule has 1 aromatic carbocycles. The zero-order valence-corrected chi connectivity index (χ0v) is 11.7. The lowest BCUT2D eigenvalue weighted by Gasteiger charge is -2.43. The van der Waals surface area contributed by atoms with E-state index in [-0.39, 0.29) is 11.8 Å². The molecule has 3 rings (SSSR count). The molecule has 2 atom stereocenters. The molecule has 100 valence electrons.